The Balaban J connectivity index is 2.38. The second kappa shape index (κ2) is 4.57. The number of halogens is 3. The fourth-order valence-electron chi connectivity index (χ4n) is 1.69. The normalized spacial score (nSPS) is 21.4. The van der Waals surface area contributed by atoms with Gasteiger partial charge < -0.3 is 9.31 Å². The van der Waals surface area contributed by atoms with Crippen molar-refractivity contribution in [3.05, 3.63) is 27.2 Å². The van der Waals surface area contributed by atoms with E-state index in [1.54, 1.807) is 12.1 Å². The number of hydrogen-bond acceptors (Lipinski definition) is 2. The second-order valence-electron chi connectivity index (χ2n) is 5.38. The lowest BCUT2D eigenvalue weighted by molar-refractivity contribution is 0.00578. The summed E-state index contributed by atoms with van der Waals surface area (Å²) in [6.45, 7) is 7.94. The van der Waals surface area contributed by atoms with Crippen molar-refractivity contribution >= 4 is 47.4 Å². The standard InChI is InChI=1S/C12H14BCl3O2/c1-11(2)12(3,4)18-13(17-11)7-5-9(15)10(16)6-8(7)14/h5-6H,1-4H3. The summed E-state index contributed by atoms with van der Waals surface area (Å²) in [4.78, 5) is 0. The van der Waals surface area contributed by atoms with E-state index >= 15 is 0 Å². The van der Waals surface area contributed by atoms with Gasteiger partial charge in [0, 0.05) is 10.5 Å². The van der Waals surface area contributed by atoms with E-state index in [9.17, 15) is 0 Å². The van der Waals surface area contributed by atoms with Gasteiger partial charge >= 0.3 is 7.12 Å². The monoisotopic (exact) mass is 306 g/mol. The van der Waals surface area contributed by atoms with Crippen molar-refractivity contribution < 1.29 is 9.31 Å². The predicted octanol–water partition coefficient (Wildman–Crippen LogP) is 3.95. The van der Waals surface area contributed by atoms with E-state index in [-0.39, 0.29) is 0 Å². The average molecular weight is 307 g/mol. The molecule has 6 heteroatoms. The fraction of sp³-hybridized carbons (Fsp3) is 0.500. The van der Waals surface area contributed by atoms with Crippen LogP contribution in [0.1, 0.15) is 27.7 Å². The largest absolute Gasteiger partial charge is 0.496 e. The number of benzene rings is 1. The Hall–Kier alpha value is 0.0749. The zero-order chi connectivity index (χ0) is 13.7. The summed E-state index contributed by atoms with van der Waals surface area (Å²) >= 11 is 18.1. The van der Waals surface area contributed by atoms with Gasteiger partial charge in [-0.1, -0.05) is 34.8 Å². The van der Waals surface area contributed by atoms with E-state index in [2.05, 4.69) is 0 Å². The molecule has 98 valence electrons. The number of hydrogen-bond donors (Lipinski definition) is 0. The van der Waals surface area contributed by atoms with Gasteiger partial charge in [0.2, 0.25) is 0 Å². The second-order valence-corrected chi connectivity index (χ2v) is 6.60. The van der Waals surface area contributed by atoms with E-state index < -0.39 is 18.3 Å². The van der Waals surface area contributed by atoms with Gasteiger partial charge in [-0.2, -0.15) is 0 Å². The molecule has 0 spiro atoms. The molecule has 0 N–H and O–H groups in total. The lowest BCUT2D eigenvalue weighted by Crippen LogP contribution is -2.41. The highest BCUT2D eigenvalue weighted by atomic mass is 35.5. The van der Waals surface area contributed by atoms with Crippen molar-refractivity contribution in [1.82, 2.24) is 0 Å². The van der Waals surface area contributed by atoms with E-state index in [0.29, 0.717) is 20.5 Å². The highest BCUT2D eigenvalue weighted by Gasteiger charge is 2.52. The molecule has 0 amide bonds. The summed E-state index contributed by atoms with van der Waals surface area (Å²) in [5, 5.41) is 1.34. The molecule has 1 fully saturated rings. The Morgan fingerprint density at radius 1 is 0.833 bits per heavy atom. The van der Waals surface area contributed by atoms with Gasteiger partial charge in [-0.05, 0) is 39.8 Å². The number of rotatable bonds is 1. The summed E-state index contributed by atoms with van der Waals surface area (Å²) < 4.78 is 11.8. The molecule has 1 heterocycles. The van der Waals surface area contributed by atoms with Crippen LogP contribution in [0, 0.1) is 0 Å². The van der Waals surface area contributed by atoms with Gasteiger partial charge in [0.25, 0.3) is 0 Å². The van der Waals surface area contributed by atoms with E-state index in [1.807, 2.05) is 27.7 Å². The molecule has 0 atom stereocenters. The molecule has 0 bridgehead atoms. The minimum Gasteiger partial charge on any atom is -0.399 e. The first kappa shape index (κ1) is 14.5. The fourth-order valence-corrected chi connectivity index (χ4v) is 2.33. The summed E-state index contributed by atoms with van der Waals surface area (Å²) in [6.07, 6.45) is 0. The molecule has 1 saturated heterocycles. The predicted molar refractivity (Wildman–Crippen MR) is 77.2 cm³/mol. The van der Waals surface area contributed by atoms with Crippen LogP contribution in [-0.2, 0) is 9.31 Å². The first-order chi connectivity index (χ1) is 8.14. The van der Waals surface area contributed by atoms with Gasteiger partial charge in [0.1, 0.15) is 0 Å². The van der Waals surface area contributed by atoms with Crippen molar-refractivity contribution in [3.8, 4) is 0 Å². The summed E-state index contributed by atoms with van der Waals surface area (Å²) in [5.74, 6) is 0. The molecule has 2 nitrogen and oxygen atoms in total. The molecular formula is C12H14BCl3O2. The van der Waals surface area contributed by atoms with Crippen molar-refractivity contribution in [1.29, 1.82) is 0 Å². The zero-order valence-corrected chi connectivity index (χ0v) is 13.0. The SMILES string of the molecule is CC1(C)OB(c2cc(Cl)c(Cl)cc2Cl)OC1(C)C. The Bertz CT molecular complexity index is 472. The molecule has 0 unspecified atom stereocenters. The molecule has 0 aliphatic carbocycles. The molecular weight excluding hydrogens is 293 g/mol. The summed E-state index contributed by atoms with van der Waals surface area (Å²) in [7, 11) is -0.530. The van der Waals surface area contributed by atoms with Crippen LogP contribution in [0.15, 0.2) is 12.1 Å². The first-order valence-corrected chi connectivity index (χ1v) is 6.77. The molecule has 1 aliphatic rings. The Labute approximate surface area is 123 Å². The van der Waals surface area contributed by atoms with Gasteiger partial charge in [0.15, 0.2) is 0 Å². The molecule has 0 aromatic heterocycles. The van der Waals surface area contributed by atoms with E-state index in [1.165, 1.54) is 0 Å². The van der Waals surface area contributed by atoms with Crippen LogP contribution in [0.3, 0.4) is 0 Å². The van der Waals surface area contributed by atoms with Gasteiger partial charge in [-0.15, -0.1) is 0 Å². The van der Waals surface area contributed by atoms with Gasteiger partial charge in [-0.3, -0.25) is 0 Å². The topological polar surface area (TPSA) is 18.5 Å². The molecule has 0 radical (unpaired) electrons. The van der Waals surface area contributed by atoms with Crippen LogP contribution in [-0.4, -0.2) is 18.3 Å². The van der Waals surface area contributed by atoms with Crippen molar-refractivity contribution in [3.63, 3.8) is 0 Å². The Kier molecular flexibility index (Phi) is 3.68. The molecule has 1 aromatic carbocycles. The molecule has 0 saturated carbocycles. The van der Waals surface area contributed by atoms with Crippen LogP contribution < -0.4 is 5.46 Å². The highest BCUT2D eigenvalue weighted by molar-refractivity contribution is 6.66. The van der Waals surface area contributed by atoms with E-state index in [0.717, 1.165) is 0 Å². The third-order valence-corrected chi connectivity index (χ3v) is 4.60. The Morgan fingerprint density at radius 3 is 1.78 bits per heavy atom. The molecule has 1 aromatic rings. The smallest absolute Gasteiger partial charge is 0.399 e. The minimum absolute atomic E-state index is 0.410. The molecule has 18 heavy (non-hydrogen) atoms. The van der Waals surface area contributed by atoms with E-state index in [4.69, 9.17) is 44.1 Å². The Morgan fingerprint density at radius 2 is 1.28 bits per heavy atom. The van der Waals surface area contributed by atoms with Gasteiger partial charge in [-0.25, -0.2) is 0 Å². The van der Waals surface area contributed by atoms with Crippen molar-refractivity contribution in [2.75, 3.05) is 0 Å². The zero-order valence-electron chi connectivity index (χ0n) is 10.7. The van der Waals surface area contributed by atoms with Crippen LogP contribution >= 0.6 is 34.8 Å². The maximum atomic E-state index is 6.16. The lowest BCUT2D eigenvalue weighted by Gasteiger charge is -2.32. The maximum Gasteiger partial charge on any atom is 0.496 e. The third kappa shape index (κ3) is 2.39. The average Bonchev–Trinajstić information content (AvgIpc) is 2.42. The van der Waals surface area contributed by atoms with Crippen LogP contribution in [0.25, 0.3) is 0 Å². The van der Waals surface area contributed by atoms with Crippen LogP contribution in [0.2, 0.25) is 15.1 Å². The van der Waals surface area contributed by atoms with Gasteiger partial charge in [0.05, 0.1) is 21.2 Å². The summed E-state index contributed by atoms with van der Waals surface area (Å²) in [5.41, 5.74) is -0.120. The van der Waals surface area contributed by atoms with Crippen LogP contribution in [0.5, 0.6) is 0 Å². The molecule has 2 rings (SSSR count). The minimum atomic E-state index is -0.530. The summed E-state index contributed by atoms with van der Waals surface area (Å²) in [6, 6.07) is 3.29. The quantitative estimate of drug-likeness (QED) is 0.578. The maximum absolute atomic E-state index is 6.16. The van der Waals surface area contributed by atoms with Crippen molar-refractivity contribution in [2.24, 2.45) is 0 Å². The highest BCUT2D eigenvalue weighted by Crippen LogP contribution is 2.37. The lowest BCUT2D eigenvalue weighted by atomic mass is 9.79. The third-order valence-electron chi connectivity index (χ3n) is 3.55. The van der Waals surface area contributed by atoms with Crippen molar-refractivity contribution in [2.45, 2.75) is 38.9 Å². The molecule has 1 aliphatic heterocycles. The van der Waals surface area contributed by atoms with Crippen LogP contribution in [0.4, 0.5) is 0 Å². The first-order valence-electron chi connectivity index (χ1n) is 5.64.